The van der Waals surface area contributed by atoms with Gasteiger partial charge in [0.05, 0.1) is 25.4 Å². The van der Waals surface area contributed by atoms with Gasteiger partial charge in [0.25, 0.3) is 0 Å². The molecular formula is C14H23NO3S. The zero-order chi connectivity index (χ0) is 14.3. The maximum Gasteiger partial charge on any atom is 0.0867 e. The quantitative estimate of drug-likeness (QED) is 0.565. The van der Waals surface area contributed by atoms with Crippen molar-refractivity contribution in [2.75, 3.05) is 31.8 Å². The molecule has 4 nitrogen and oxygen atoms in total. The molecule has 0 amide bonds. The standard InChI is InChI=1S/C14H23NO3S/c1-10-4-5-13(15)14(6-10)19-9-12(16)8-18-11(2)7-17-3/h4-6,11-12,16H,7-9,15H2,1-3H3. The topological polar surface area (TPSA) is 64.7 Å². The molecule has 0 aliphatic carbocycles. The Kier molecular flexibility index (Phi) is 7.23. The van der Waals surface area contributed by atoms with E-state index in [0.717, 1.165) is 16.1 Å². The second kappa shape index (κ2) is 8.43. The van der Waals surface area contributed by atoms with E-state index in [1.54, 1.807) is 18.9 Å². The van der Waals surface area contributed by atoms with Gasteiger partial charge in [0, 0.05) is 23.4 Å². The molecule has 0 radical (unpaired) electrons. The van der Waals surface area contributed by atoms with E-state index in [-0.39, 0.29) is 6.10 Å². The van der Waals surface area contributed by atoms with Crippen LogP contribution in [-0.4, -0.2) is 43.4 Å². The van der Waals surface area contributed by atoms with Gasteiger partial charge in [-0.3, -0.25) is 0 Å². The van der Waals surface area contributed by atoms with Crippen molar-refractivity contribution in [3.05, 3.63) is 23.8 Å². The number of aliphatic hydroxyl groups is 1. The van der Waals surface area contributed by atoms with Crippen LogP contribution >= 0.6 is 11.8 Å². The van der Waals surface area contributed by atoms with Crippen LogP contribution in [0.15, 0.2) is 23.1 Å². The first-order valence-electron chi connectivity index (χ1n) is 6.30. The smallest absolute Gasteiger partial charge is 0.0867 e. The summed E-state index contributed by atoms with van der Waals surface area (Å²) in [6.45, 7) is 4.78. The SMILES string of the molecule is COCC(C)OCC(O)CSc1cc(C)ccc1N. The average molecular weight is 285 g/mol. The number of methoxy groups -OCH3 is 1. The van der Waals surface area contributed by atoms with Crippen LogP contribution < -0.4 is 5.73 Å². The van der Waals surface area contributed by atoms with Gasteiger partial charge in [0.15, 0.2) is 0 Å². The Hall–Kier alpha value is -0.750. The van der Waals surface area contributed by atoms with Gasteiger partial charge in [-0.1, -0.05) is 6.07 Å². The summed E-state index contributed by atoms with van der Waals surface area (Å²) in [5, 5.41) is 9.86. The molecule has 108 valence electrons. The molecule has 0 heterocycles. The van der Waals surface area contributed by atoms with Crippen LogP contribution in [0.25, 0.3) is 0 Å². The predicted molar refractivity (Wildman–Crippen MR) is 79.6 cm³/mol. The highest BCUT2D eigenvalue weighted by molar-refractivity contribution is 7.99. The normalized spacial score (nSPS) is 14.3. The highest BCUT2D eigenvalue weighted by Gasteiger charge is 2.10. The minimum Gasteiger partial charge on any atom is -0.398 e. The van der Waals surface area contributed by atoms with E-state index in [1.807, 2.05) is 32.0 Å². The molecule has 0 spiro atoms. The number of rotatable bonds is 8. The van der Waals surface area contributed by atoms with Gasteiger partial charge >= 0.3 is 0 Å². The lowest BCUT2D eigenvalue weighted by Gasteiger charge is -2.16. The summed E-state index contributed by atoms with van der Waals surface area (Å²) in [6, 6.07) is 5.90. The van der Waals surface area contributed by atoms with E-state index in [9.17, 15) is 5.11 Å². The van der Waals surface area contributed by atoms with Crippen molar-refractivity contribution < 1.29 is 14.6 Å². The zero-order valence-corrected chi connectivity index (χ0v) is 12.6. The van der Waals surface area contributed by atoms with Gasteiger partial charge in [-0.15, -0.1) is 11.8 Å². The first-order valence-corrected chi connectivity index (χ1v) is 7.29. The fourth-order valence-corrected chi connectivity index (χ4v) is 2.53. The molecule has 0 saturated carbocycles. The minimum absolute atomic E-state index is 0.00584. The van der Waals surface area contributed by atoms with E-state index in [4.69, 9.17) is 15.2 Å². The zero-order valence-electron chi connectivity index (χ0n) is 11.8. The van der Waals surface area contributed by atoms with Crippen molar-refractivity contribution in [2.24, 2.45) is 0 Å². The summed E-state index contributed by atoms with van der Waals surface area (Å²) >= 11 is 1.55. The Bertz CT molecular complexity index is 387. The van der Waals surface area contributed by atoms with Crippen LogP contribution in [0.1, 0.15) is 12.5 Å². The van der Waals surface area contributed by atoms with E-state index in [2.05, 4.69) is 0 Å². The monoisotopic (exact) mass is 285 g/mol. The lowest BCUT2D eigenvalue weighted by Crippen LogP contribution is -2.24. The number of benzene rings is 1. The van der Waals surface area contributed by atoms with Gasteiger partial charge in [0.2, 0.25) is 0 Å². The summed E-state index contributed by atoms with van der Waals surface area (Å²) in [5.41, 5.74) is 7.80. The van der Waals surface area contributed by atoms with Crippen LogP contribution in [0.5, 0.6) is 0 Å². The number of ether oxygens (including phenoxy) is 2. The Labute approximate surface area is 119 Å². The summed E-state index contributed by atoms with van der Waals surface area (Å²) < 4.78 is 10.4. The molecule has 0 bridgehead atoms. The highest BCUT2D eigenvalue weighted by Crippen LogP contribution is 2.26. The molecule has 19 heavy (non-hydrogen) atoms. The Balaban J connectivity index is 2.33. The fraction of sp³-hybridized carbons (Fsp3) is 0.571. The molecule has 2 unspecified atom stereocenters. The van der Waals surface area contributed by atoms with Crippen LogP contribution in [0.3, 0.4) is 0 Å². The number of aryl methyl sites for hydroxylation is 1. The Morgan fingerprint density at radius 2 is 2.11 bits per heavy atom. The molecule has 1 rings (SSSR count). The molecule has 0 saturated heterocycles. The van der Waals surface area contributed by atoms with Gasteiger partial charge in [0.1, 0.15) is 0 Å². The summed E-state index contributed by atoms with van der Waals surface area (Å²) in [4.78, 5) is 1.00. The number of nitrogen functional groups attached to an aromatic ring is 1. The first kappa shape index (κ1) is 16.3. The lowest BCUT2D eigenvalue weighted by atomic mass is 10.2. The molecule has 2 atom stereocenters. The fourth-order valence-electron chi connectivity index (χ4n) is 1.56. The van der Waals surface area contributed by atoms with E-state index < -0.39 is 6.10 Å². The second-order valence-corrected chi connectivity index (χ2v) is 5.67. The molecular weight excluding hydrogens is 262 g/mol. The molecule has 0 aliphatic rings. The number of nitrogens with two attached hydrogens (primary N) is 1. The van der Waals surface area contributed by atoms with Gasteiger partial charge in [-0.25, -0.2) is 0 Å². The Morgan fingerprint density at radius 3 is 2.79 bits per heavy atom. The maximum atomic E-state index is 9.86. The molecule has 5 heteroatoms. The van der Waals surface area contributed by atoms with Gasteiger partial charge < -0.3 is 20.3 Å². The van der Waals surface area contributed by atoms with Gasteiger partial charge in [-0.05, 0) is 31.5 Å². The van der Waals surface area contributed by atoms with E-state index in [1.165, 1.54) is 0 Å². The largest absolute Gasteiger partial charge is 0.398 e. The lowest BCUT2D eigenvalue weighted by molar-refractivity contribution is -0.0257. The van der Waals surface area contributed by atoms with Crippen molar-refractivity contribution in [1.29, 1.82) is 0 Å². The predicted octanol–water partition coefficient (Wildman–Crippen LogP) is 2.08. The van der Waals surface area contributed by atoms with Crippen LogP contribution in [-0.2, 0) is 9.47 Å². The van der Waals surface area contributed by atoms with Crippen LogP contribution in [0.2, 0.25) is 0 Å². The average Bonchev–Trinajstić information content (AvgIpc) is 2.38. The maximum absolute atomic E-state index is 9.86. The van der Waals surface area contributed by atoms with Crippen molar-refractivity contribution in [2.45, 2.75) is 31.0 Å². The van der Waals surface area contributed by atoms with Crippen LogP contribution in [0, 0.1) is 6.92 Å². The summed E-state index contributed by atoms with van der Waals surface area (Å²) in [7, 11) is 1.63. The third-order valence-corrected chi connectivity index (χ3v) is 3.79. The van der Waals surface area contributed by atoms with Crippen molar-refractivity contribution in [3.63, 3.8) is 0 Å². The first-order chi connectivity index (χ1) is 9.02. The van der Waals surface area contributed by atoms with Crippen molar-refractivity contribution in [3.8, 4) is 0 Å². The molecule has 3 N–H and O–H groups in total. The van der Waals surface area contributed by atoms with Crippen molar-refractivity contribution >= 4 is 17.4 Å². The number of anilines is 1. The summed E-state index contributed by atoms with van der Waals surface area (Å²) in [6.07, 6.45) is -0.516. The molecule has 1 aromatic rings. The Morgan fingerprint density at radius 1 is 1.37 bits per heavy atom. The molecule has 0 aromatic heterocycles. The molecule has 0 aliphatic heterocycles. The number of aliphatic hydroxyl groups excluding tert-OH is 1. The number of hydrogen-bond acceptors (Lipinski definition) is 5. The van der Waals surface area contributed by atoms with Crippen LogP contribution in [0.4, 0.5) is 5.69 Å². The molecule has 0 fully saturated rings. The van der Waals surface area contributed by atoms with E-state index >= 15 is 0 Å². The van der Waals surface area contributed by atoms with Crippen molar-refractivity contribution in [1.82, 2.24) is 0 Å². The third kappa shape index (κ3) is 6.29. The minimum atomic E-state index is -0.510. The summed E-state index contributed by atoms with van der Waals surface area (Å²) in [5.74, 6) is 0.563. The highest BCUT2D eigenvalue weighted by atomic mass is 32.2. The second-order valence-electron chi connectivity index (χ2n) is 4.61. The van der Waals surface area contributed by atoms with Gasteiger partial charge in [-0.2, -0.15) is 0 Å². The molecule has 1 aromatic carbocycles. The number of hydrogen-bond donors (Lipinski definition) is 2. The number of thioether (sulfide) groups is 1. The third-order valence-electron chi connectivity index (χ3n) is 2.57. The van der Waals surface area contributed by atoms with E-state index in [0.29, 0.717) is 19.0 Å².